The molecule has 2 aromatic rings. The molecule has 0 aromatic carbocycles. The summed E-state index contributed by atoms with van der Waals surface area (Å²) in [4.78, 5) is 45.8. The summed E-state index contributed by atoms with van der Waals surface area (Å²) in [6, 6.07) is 1.67. The first-order valence-corrected chi connectivity index (χ1v) is 9.39. The standard InChI is InChI=1S/C19H25N7O3/c1-25(2)19-23-11-14(17(27)22-8-10-29-3)15(24-19)13-5-9-26(12-13)18(28)16-20-6-4-7-21-16/h4,6-7,11,13H,5,8-10,12H2,1-3H3,(H,22,27). The minimum absolute atomic E-state index is 0.0764. The Kier molecular flexibility index (Phi) is 6.65. The normalized spacial score (nSPS) is 16.0. The zero-order chi connectivity index (χ0) is 20.8. The summed E-state index contributed by atoms with van der Waals surface area (Å²) in [6.07, 6.45) is 5.33. The third kappa shape index (κ3) is 4.83. The smallest absolute Gasteiger partial charge is 0.291 e. The molecule has 0 radical (unpaired) electrons. The molecular formula is C19H25N7O3. The highest BCUT2D eigenvalue weighted by Crippen LogP contribution is 2.29. The molecule has 1 unspecified atom stereocenters. The Morgan fingerprint density at radius 1 is 1.28 bits per heavy atom. The van der Waals surface area contributed by atoms with E-state index in [0.29, 0.717) is 49.9 Å². The Labute approximate surface area is 169 Å². The number of rotatable bonds is 7. The quantitative estimate of drug-likeness (QED) is 0.663. The second kappa shape index (κ2) is 9.37. The van der Waals surface area contributed by atoms with Crippen LogP contribution in [-0.2, 0) is 4.74 Å². The SMILES string of the molecule is COCCNC(=O)c1cnc(N(C)C)nc1C1CCN(C(=O)c2ncccn2)C1. The molecule has 10 nitrogen and oxygen atoms in total. The van der Waals surface area contributed by atoms with Gasteiger partial charge in [0, 0.05) is 65.3 Å². The maximum atomic E-state index is 12.7. The first-order valence-electron chi connectivity index (χ1n) is 9.39. The summed E-state index contributed by atoms with van der Waals surface area (Å²) < 4.78 is 4.98. The number of hydrogen-bond donors (Lipinski definition) is 1. The van der Waals surface area contributed by atoms with E-state index in [4.69, 9.17) is 4.74 Å². The summed E-state index contributed by atoms with van der Waals surface area (Å²) in [5.74, 6) is 0.138. The molecule has 0 saturated carbocycles. The maximum Gasteiger partial charge on any atom is 0.291 e. The molecular weight excluding hydrogens is 374 g/mol. The zero-order valence-electron chi connectivity index (χ0n) is 16.8. The topological polar surface area (TPSA) is 113 Å². The number of anilines is 1. The van der Waals surface area contributed by atoms with E-state index < -0.39 is 0 Å². The average molecular weight is 399 g/mol. The van der Waals surface area contributed by atoms with E-state index in [2.05, 4.69) is 25.3 Å². The van der Waals surface area contributed by atoms with Gasteiger partial charge >= 0.3 is 0 Å². The van der Waals surface area contributed by atoms with Crippen molar-refractivity contribution in [3.05, 3.63) is 41.7 Å². The van der Waals surface area contributed by atoms with Crippen LogP contribution in [0.4, 0.5) is 5.95 Å². The average Bonchev–Trinajstić information content (AvgIpc) is 3.23. The van der Waals surface area contributed by atoms with Crippen molar-refractivity contribution in [1.82, 2.24) is 30.2 Å². The van der Waals surface area contributed by atoms with Crippen LogP contribution in [0.25, 0.3) is 0 Å². The third-order valence-electron chi connectivity index (χ3n) is 4.66. The van der Waals surface area contributed by atoms with E-state index in [1.165, 1.54) is 0 Å². The third-order valence-corrected chi connectivity index (χ3v) is 4.66. The maximum absolute atomic E-state index is 12.7. The highest BCUT2D eigenvalue weighted by Gasteiger charge is 2.33. The van der Waals surface area contributed by atoms with Crippen molar-refractivity contribution in [3.8, 4) is 0 Å². The summed E-state index contributed by atoms with van der Waals surface area (Å²) in [5.41, 5.74) is 1.06. The number of likely N-dealkylation sites (tertiary alicyclic amines) is 1. The lowest BCUT2D eigenvalue weighted by Crippen LogP contribution is -2.31. The van der Waals surface area contributed by atoms with Crippen molar-refractivity contribution in [1.29, 1.82) is 0 Å². The Morgan fingerprint density at radius 2 is 2.03 bits per heavy atom. The predicted molar refractivity (Wildman–Crippen MR) is 106 cm³/mol. The number of methoxy groups -OCH3 is 1. The van der Waals surface area contributed by atoms with Gasteiger partial charge in [0.15, 0.2) is 0 Å². The van der Waals surface area contributed by atoms with Crippen molar-refractivity contribution in [3.63, 3.8) is 0 Å². The largest absolute Gasteiger partial charge is 0.383 e. The van der Waals surface area contributed by atoms with E-state index in [1.54, 1.807) is 41.6 Å². The van der Waals surface area contributed by atoms with E-state index >= 15 is 0 Å². The number of amides is 2. The summed E-state index contributed by atoms with van der Waals surface area (Å²) in [5, 5.41) is 2.81. The fourth-order valence-corrected chi connectivity index (χ4v) is 3.17. The molecule has 2 amide bonds. The minimum Gasteiger partial charge on any atom is -0.383 e. The van der Waals surface area contributed by atoms with Crippen LogP contribution in [0.5, 0.6) is 0 Å². The number of carbonyl (C=O) groups excluding carboxylic acids is 2. The van der Waals surface area contributed by atoms with Crippen LogP contribution in [0, 0.1) is 0 Å². The molecule has 2 aromatic heterocycles. The van der Waals surface area contributed by atoms with Gasteiger partial charge in [-0.05, 0) is 12.5 Å². The molecule has 0 bridgehead atoms. The van der Waals surface area contributed by atoms with Crippen molar-refractivity contribution < 1.29 is 14.3 Å². The van der Waals surface area contributed by atoms with Crippen molar-refractivity contribution >= 4 is 17.8 Å². The molecule has 154 valence electrons. The van der Waals surface area contributed by atoms with Gasteiger partial charge in [0.05, 0.1) is 17.9 Å². The van der Waals surface area contributed by atoms with Gasteiger partial charge in [-0.2, -0.15) is 0 Å². The molecule has 1 saturated heterocycles. The molecule has 3 heterocycles. The fourth-order valence-electron chi connectivity index (χ4n) is 3.17. The zero-order valence-corrected chi connectivity index (χ0v) is 16.8. The van der Waals surface area contributed by atoms with E-state index in [0.717, 1.165) is 0 Å². The molecule has 10 heteroatoms. The van der Waals surface area contributed by atoms with Crippen LogP contribution >= 0.6 is 0 Å². The number of nitrogens with one attached hydrogen (secondary N) is 1. The van der Waals surface area contributed by atoms with Crippen molar-refractivity contribution in [2.45, 2.75) is 12.3 Å². The van der Waals surface area contributed by atoms with Gasteiger partial charge in [-0.1, -0.05) is 0 Å². The van der Waals surface area contributed by atoms with E-state index in [1.807, 2.05) is 14.1 Å². The Hall–Kier alpha value is -3.14. The molecule has 1 aliphatic rings. The highest BCUT2D eigenvalue weighted by molar-refractivity contribution is 5.95. The molecule has 1 fully saturated rings. The molecule has 1 aliphatic heterocycles. The lowest BCUT2D eigenvalue weighted by molar-refractivity contribution is 0.0778. The first-order chi connectivity index (χ1) is 14.0. The fraction of sp³-hybridized carbons (Fsp3) is 0.474. The lowest BCUT2D eigenvalue weighted by Gasteiger charge is -2.19. The van der Waals surface area contributed by atoms with E-state index in [-0.39, 0.29) is 23.6 Å². The second-order valence-corrected chi connectivity index (χ2v) is 6.92. The Bertz CT molecular complexity index is 860. The van der Waals surface area contributed by atoms with Crippen LogP contribution in [0.1, 0.15) is 39.0 Å². The Balaban J connectivity index is 1.81. The predicted octanol–water partition coefficient (Wildman–Crippen LogP) is 0.339. The molecule has 1 atom stereocenters. The number of hydrogen-bond acceptors (Lipinski definition) is 8. The minimum atomic E-state index is -0.251. The van der Waals surface area contributed by atoms with Crippen LogP contribution in [0.2, 0.25) is 0 Å². The van der Waals surface area contributed by atoms with Gasteiger partial charge in [0.25, 0.3) is 11.8 Å². The number of aromatic nitrogens is 4. The highest BCUT2D eigenvalue weighted by atomic mass is 16.5. The molecule has 3 rings (SSSR count). The van der Waals surface area contributed by atoms with Crippen LogP contribution in [0.3, 0.4) is 0 Å². The molecule has 0 aliphatic carbocycles. The molecule has 29 heavy (non-hydrogen) atoms. The van der Waals surface area contributed by atoms with Gasteiger partial charge in [-0.25, -0.2) is 19.9 Å². The van der Waals surface area contributed by atoms with Gasteiger partial charge in [-0.15, -0.1) is 0 Å². The van der Waals surface area contributed by atoms with Gasteiger partial charge in [0.2, 0.25) is 11.8 Å². The summed E-state index contributed by atoms with van der Waals surface area (Å²) >= 11 is 0. The van der Waals surface area contributed by atoms with Crippen molar-refractivity contribution in [2.75, 3.05) is 52.3 Å². The number of nitrogens with zero attached hydrogens (tertiary/aromatic N) is 6. The van der Waals surface area contributed by atoms with E-state index in [9.17, 15) is 9.59 Å². The van der Waals surface area contributed by atoms with Crippen LogP contribution < -0.4 is 10.2 Å². The van der Waals surface area contributed by atoms with Crippen LogP contribution in [0.15, 0.2) is 24.7 Å². The first kappa shape index (κ1) is 20.6. The number of ether oxygens (including phenoxy) is 1. The van der Waals surface area contributed by atoms with Crippen LogP contribution in [-0.4, -0.2) is 84.1 Å². The second-order valence-electron chi connectivity index (χ2n) is 6.92. The van der Waals surface area contributed by atoms with Gasteiger partial charge in [0.1, 0.15) is 0 Å². The van der Waals surface area contributed by atoms with Gasteiger partial charge < -0.3 is 19.9 Å². The molecule has 0 spiro atoms. The molecule has 1 N–H and O–H groups in total. The summed E-state index contributed by atoms with van der Waals surface area (Å²) in [6.45, 7) is 1.80. The lowest BCUT2D eigenvalue weighted by atomic mass is 10.00. The Morgan fingerprint density at radius 3 is 2.72 bits per heavy atom. The van der Waals surface area contributed by atoms with Gasteiger partial charge in [-0.3, -0.25) is 9.59 Å². The number of carbonyl (C=O) groups is 2. The van der Waals surface area contributed by atoms with Crippen molar-refractivity contribution in [2.24, 2.45) is 0 Å². The summed E-state index contributed by atoms with van der Waals surface area (Å²) in [7, 11) is 5.26. The monoisotopic (exact) mass is 399 g/mol.